The Morgan fingerprint density at radius 3 is 2.71 bits per heavy atom. The average Bonchev–Trinajstić information content (AvgIpc) is 2.39. The Morgan fingerprint density at radius 1 is 1.33 bits per heavy atom. The summed E-state index contributed by atoms with van der Waals surface area (Å²) in [6, 6.07) is 6.84. The zero-order valence-corrected chi connectivity index (χ0v) is 14.2. The van der Waals surface area contributed by atoms with Crippen LogP contribution in [0, 0.1) is 12.8 Å². The van der Waals surface area contributed by atoms with Gasteiger partial charge in [-0.25, -0.2) is 0 Å². The predicted molar refractivity (Wildman–Crippen MR) is 90.0 cm³/mol. The summed E-state index contributed by atoms with van der Waals surface area (Å²) in [5.41, 5.74) is 4.13. The molecule has 3 heteroatoms. The minimum absolute atomic E-state index is 0.0699. The van der Waals surface area contributed by atoms with E-state index in [0.29, 0.717) is 5.92 Å². The third-order valence-electron chi connectivity index (χ3n) is 4.08. The zero-order chi connectivity index (χ0) is 15.5. The van der Waals surface area contributed by atoms with Gasteiger partial charge in [0.15, 0.2) is 0 Å². The van der Waals surface area contributed by atoms with Crippen LogP contribution in [0.1, 0.15) is 38.8 Å². The van der Waals surface area contributed by atoms with Gasteiger partial charge in [-0.1, -0.05) is 26.0 Å². The normalized spacial score (nSPS) is 18.3. The highest BCUT2D eigenvalue weighted by Gasteiger charge is 2.31. The molecule has 0 aliphatic carbocycles. The van der Waals surface area contributed by atoms with Crippen molar-refractivity contribution in [1.29, 1.82) is 0 Å². The minimum atomic E-state index is 0.0699. The van der Waals surface area contributed by atoms with Crippen molar-refractivity contribution in [3.8, 4) is 0 Å². The number of nitrogens with zero attached hydrogens (tertiary/aromatic N) is 1. The fraction of sp³-hybridized carbons (Fsp3) is 0.667. The van der Waals surface area contributed by atoms with E-state index < -0.39 is 0 Å². The van der Waals surface area contributed by atoms with Crippen molar-refractivity contribution in [2.45, 2.75) is 46.7 Å². The number of anilines is 1. The maximum absolute atomic E-state index is 5.62. The van der Waals surface area contributed by atoms with Crippen LogP contribution in [0.3, 0.4) is 0 Å². The van der Waals surface area contributed by atoms with Crippen LogP contribution < -0.4 is 10.2 Å². The van der Waals surface area contributed by atoms with Gasteiger partial charge in [0.05, 0.1) is 18.8 Å². The monoisotopic (exact) mass is 290 g/mol. The molecule has 1 aliphatic heterocycles. The minimum Gasteiger partial charge on any atom is -0.377 e. The molecule has 0 amide bonds. The lowest BCUT2D eigenvalue weighted by molar-refractivity contribution is 0.0643. The molecule has 1 heterocycles. The van der Waals surface area contributed by atoms with Gasteiger partial charge in [-0.3, -0.25) is 0 Å². The largest absolute Gasteiger partial charge is 0.377 e. The molecule has 0 atom stereocenters. The summed E-state index contributed by atoms with van der Waals surface area (Å²) in [6.07, 6.45) is 0. The molecule has 1 aromatic rings. The maximum atomic E-state index is 5.62. The lowest BCUT2D eigenvalue weighted by Gasteiger charge is -2.44. The molecule has 0 saturated carbocycles. The van der Waals surface area contributed by atoms with Gasteiger partial charge in [-0.15, -0.1) is 0 Å². The van der Waals surface area contributed by atoms with Gasteiger partial charge in [0.25, 0.3) is 0 Å². The molecule has 3 nitrogen and oxygen atoms in total. The molecule has 0 spiro atoms. The summed E-state index contributed by atoms with van der Waals surface area (Å²) >= 11 is 0. The van der Waals surface area contributed by atoms with Crippen molar-refractivity contribution in [2.75, 3.05) is 31.2 Å². The molecule has 2 rings (SSSR count). The lowest BCUT2D eigenvalue weighted by Crippen LogP contribution is -2.53. The Morgan fingerprint density at radius 2 is 2.10 bits per heavy atom. The number of hydrogen-bond donors (Lipinski definition) is 1. The fourth-order valence-electron chi connectivity index (χ4n) is 2.94. The molecule has 118 valence electrons. The van der Waals surface area contributed by atoms with Crippen LogP contribution >= 0.6 is 0 Å². The van der Waals surface area contributed by atoms with Crippen LogP contribution in [0.5, 0.6) is 0 Å². The van der Waals surface area contributed by atoms with Gasteiger partial charge in [0, 0.05) is 18.8 Å². The molecule has 1 fully saturated rings. The Kier molecular flexibility index (Phi) is 5.28. The molecule has 0 aromatic heterocycles. The summed E-state index contributed by atoms with van der Waals surface area (Å²) in [7, 11) is 0. The van der Waals surface area contributed by atoms with Crippen molar-refractivity contribution in [3.05, 3.63) is 29.3 Å². The topological polar surface area (TPSA) is 24.5 Å². The third kappa shape index (κ3) is 4.21. The molecule has 1 saturated heterocycles. The molecule has 1 aliphatic rings. The van der Waals surface area contributed by atoms with Crippen LogP contribution in [0.4, 0.5) is 5.69 Å². The summed E-state index contributed by atoms with van der Waals surface area (Å²) in [4.78, 5) is 2.48. The smallest absolute Gasteiger partial charge is 0.0694 e. The second-order valence-corrected chi connectivity index (χ2v) is 7.16. The van der Waals surface area contributed by atoms with Crippen molar-refractivity contribution in [1.82, 2.24) is 5.32 Å². The van der Waals surface area contributed by atoms with Gasteiger partial charge < -0.3 is 15.0 Å². The first-order chi connectivity index (χ1) is 9.90. The van der Waals surface area contributed by atoms with Crippen LogP contribution in [0.2, 0.25) is 0 Å². The molecule has 0 unspecified atom stereocenters. The van der Waals surface area contributed by atoms with Gasteiger partial charge in [-0.05, 0) is 50.4 Å². The molecule has 0 radical (unpaired) electrons. The van der Waals surface area contributed by atoms with Gasteiger partial charge >= 0.3 is 0 Å². The SMILES string of the molecule is Cc1cc(CNCC(C)C)ccc1N1CCOCC1(C)C. The van der Waals surface area contributed by atoms with Crippen LogP contribution in [-0.2, 0) is 11.3 Å². The van der Waals surface area contributed by atoms with Crippen LogP contribution in [0.25, 0.3) is 0 Å². The van der Waals surface area contributed by atoms with Crippen molar-refractivity contribution >= 4 is 5.69 Å². The average molecular weight is 290 g/mol. The van der Waals surface area contributed by atoms with E-state index in [-0.39, 0.29) is 5.54 Å². The first-order valence-electron chi connectivity index (χ1n) is 8.06. The van der Waals surface area contributed by atoms with E-state index in [2.05, 4.69) is 63.0 Å². The number of hydrogen-bond acceptors (Lipinski definition) is 3. The highest BCUT2D eigenvalue weighted by atomic mass is 16.5. The second kappa shape index (κ2) is 6.80. The van der Waals surface area contributed by atoms with Crippen LogP contribution in [0.15, 0.2) is 18.2 Å². The quantitative estimate of drug-likeness (QED) is 0.900. The van der Waals surface area contributed by atoms with Crippen molar-refractivity contribution < 1.29 is 4.74 Å². The molecule has 0 bridgehead atoms. The highest BCUT2D eigenvalue weighted by molar-refractivity contribution is 5.56. The lowest BCUT2D eigenvalue weighted by atomic mass is 9.99. The van der Waals surface area contributed by atoms with E-state index >= 15 is 0 Å². The number of ether oxygens (including phenoxy) is 1. The van der Waals surface area contributed by atoms with E-state index in [4.69, 9.17) is 4.74 Å². The Labute approximate surface area is 129 Å². The molecule has 21 heavy (non-hydrogen) atoms. The fourth-order valence-corrected chi connectivity index (χ4v) is 2.94. The summed E-state index contributed by atoms with van der Waals surface area (Å²) < 4.78 is 5.62. The van der Waals surface area contributed by atoms with Crippen molar-refractivity contribution in [2.24, 2.45) is 5.92 Å². The first-order valence-corrected chi connectivity index (χ1v) is 8.06. The number of nitrogens with one attached hydrogen (secondary N) is 1. The summed E-state index contributed by atoms with van der Waals surface area (Å²) in [6.45, 7) is 15.8. The predicted octanol–water partition coefficient (Wildman–Crippen LogP) is 3.36. The number of aryl methyl sites for hydroxylation is 1. The molecule has 1 N–H and O–H groups in total. The number of morpholine rings is 1. The molecular formula is C18H30N2O. The highest BCUT2D eigenvalue weighted by Crippen LogP contribution is 2.30. The van der Waals surface area contributed by atoms with E-state index in [1.807, 2.05) is 0 Å². The maximum Gasteiger partial charge on any atom is 0.0694 e. The Bertz CT molecular complexity index is 468. The van der Waals surface area contributed by atoms with E-state index in [0.717, 1.165) is 32.8 Å². The molecule has 1 aromatic carbocycles. The van der Waals surface area contributed by atoms with Gasteiger partial charge in [0.1, 0.15) is 0 Å². The third-order valence-corrected chi connectivity index (χ3v) is 4.08. The van der Waals surface area contributed by atoms with E-state index in [1.54, 1.807) is 0 Å². The second-order valence-electron chi connectivity index (χ2n) is 7.16. The first kappa shape index (κ1) is 16.3. The van der Waals surface area contributed by atoms with E-state index in [1.165, 1.54) is 16.8 Å². The van der Waals surface area contributed by atoms with E-state index in [9.17, 15) is 0 Å². The standard InChI is InChI=1S/C18H30N2O/c1-14(2)11-19-12-16-6-7-17(15(3)10-16)20-8-9-21-13-18(20,4)5/h6-7,10,14,19H,8-9,11-13H2,1-5H3. The van der Waals surface area contributed by atoms with Gasteiger partial charge in [0.2, 0.25) is 0 Å². The van der Waals surface area contributed by atoms with Crippen molar-refractivity contribution in [3.63, 3.8) is 0 Å². The summed E-state index contributed by atoms with van der Waals surface area (Å²) in [5, 5.41) is 3.51. The Hall–Kier alpha value is -1.06. The van der Waals surface area contributed by atoms with Crippen LogP contribution in [-0.4, -0.2) is 31.8 Å². The number of benzene rings is 1. The summed E-state index contributed by atoms with van der Waals surface area (Å²) in [5.74, 6) is 0.694. The Balaban J connectivity index is 2.08. The molecular weight excluding hydrogens is 260 g/mol. The number of rotatable bonds is 5. The van der Waals surface area contributed by atoms with Gasteiger partial charge in [-0.2, -0.15) is 0 Å². The zero-order valence-electron chi connectivity index (χ0n) is 14.2.